The first-order valence-corrected chi connectivity index (χ1v) is 7.46. The maximum Gasteiger partial charge on any atom is 0.419 e. The molecule has 1 fully saturated rings. The van der Waals surface area contributed by atoms with Crippen LogP contribution in [0, 0.1) is 0 Å². The van der Waals surface area contributed by atoms with Crippen molar-refractivity contribution in [3.63, 3.8) is 0 Å². The van der Waals surface area contributed by atoms with E-state index in [2.05, 4.69) is 20.5 Å². The topological polar surface area (TPSA) is 94.1 Å². The maximum absolute atomic E-state index is 12.8. The minimum atomic E-state index is -4.77. The van der Waals surface area contributed by atoms with Crippen molar-refractivity contribution in [2.75, 3.05) is 18.4 Å². The van der Waals surface area contributed by atoms with Gasteiger partial charge in [-0.05, 0) is 0 Å². The monoisotopic (exact) mass is 347 g/mol. The van der Waals surface area contributed by atoms with Crippen LogP contribution in [0.4, 0.5) is 23.7 Å². The predicted molar refractivity (Wildman–Crippen MR) is 75.9 cm³/mol. The summed E-state index contributed by atoms with van der Waals surface area (Å²) in [7, 11) is 0. The predicted octanol–water partition coefficient (Wildman–Crippen LogP) is 2.06. The number of rotatable bonds is 2. The molecular formula is C12H12F3N5O2S. The Labute approximate surface area is 132 Å². The zero-order valence-electron chi connectivity index (χ0n) is 11.6. The highest BCUT2D eigenvalue weighted by atomic mass is 32.1. The molecule has 0 aliphatic carbocycles. The van der Waals surface area contributed by atoms with Gasteiger partial charge in [0.15, 0.2) is 5.60 Å². The fraction of sp³-hybridized carbons (Fsp3) is 0.417. The van der Waals surface area contributed by atoms with E-state index in [1.807, 2.05) is 0 Å². The first kappa shape index (κ1) is 15.7. The average molecular weight is 347 g/mol. The van der Waals surface area contributed by atoms with E-state index in [0.29, 0.717) is 16.4 Å². The number of thiazole rings is 1. The number of H-pyrrole nitrogens is 1. The lowest BCUT2D eigenvalue weighted by molar-refractivity contribution is -0.253. The molecule has 0 spiro atoms. The second-order valence-corrected chi connectivity index (χ2v) is 6.02. The van der Waals surface area contributed by atoms with Gasteiger partial charge in [-0.25, -0.2) is 9.78 Å². The van der Waals surface area contributed by atoms with E-state index < -0.39 is 30.8 Å². The number of hydrogen-bond donors (Lipinski definition) is 3. The van der Waals surface area contributed by atoms with Gasteiger partial charge in [0.2, 0.25) is 0 Å². The lowest BCUT2D eigenvalue weighted by Gasteiger charge is -2.25. The zero-order chi connectivity index (χ0) is 16.7. The molecule has 3 heterocycles. The van der Waals surface area contributed by atoms with Crippen LogP contribution in [0.3, 0.4) is 0 Å². The fourth-order valence-electron chi connectivity index (χ4n) is 2.28. The van der Waals surface area contributed by atoms with Crippen LogP contribution in [-0.2, 0) is 0 Å². The summed E-state index contributed by atoms with van der Waals surface area (Å²) in [6.07, 6.45) is -2.39. The highest BCUT2D eigenvalue weighted by molar-refractivity contribution is 7.13. The number of β-amino-alcohol motifs (C(OH)–C–C–N with tert-alkyl or cyclic N) is 1. The summed E-state index contributed by atoms with van der Waals surface area (Å²) in [5.41, 5.74) is -2.08. The number of urea groups is 1. The van der Waals surface area contributed by atoms with Crippen molar-refractivity contribution in [1.82, 2.24) is 20.1 Å². The Kier molecular flexibility index (Phi) is 3.76. The third-order valence-electron chi connectivity index (χ3n) is 3.59. The molecule has 0 aromatic carbocycles. The van der Waals surface area contributed by atoms with Crippen LogP contribution in [-0.4, -0.2) is 56.1 Å². The molecule has 2 amide bonds. The maximum atomic E-state index is 12.8. The van der Waals surface area contributed by atoms with Crippen LogP contribution in [0.5, 0.6) is 0 Å². The first-order valence-electron chi connectivity index (χ1n) is 6.58. The number of halogens is 3. The number of hydrogen-bond acceptors (Lipinski definition) is 5. The number of likely N-dealkylation sites (tertiary alicyclic amines) is 1. The SMILES string of the molecule is O=C(Nc1cn[nH]c1-c1nccs1)N1CCC(O)(C(F)(F)F)C1. The van der Waals surface area contributed by atoms with Gasteiger partial charge in [0.1, 0.15) is 10.7 Å². The van der Waals surface area contributed by atoms with Crippen molar-refractivity contribution >= 4 is 23.1 Å². The minimum Gasteiger partial charge on any atom is -0.379 e. The number of aromatic nitrogens is 3. The van der Waals surface area contributed by atoms with Crippen molar-refractivity contribution in [3.8, 4) is 10.7 Å². The van der Waals surface area contributed by atoms with Gasteiger partial charge in [-0.15, -0.1) is 11.3 Å². The van der Waals surface area contributed by atoms with Gasteiger partial charge in [-0.1, -0.05) is 0 Å². The van der Waals surface area contributed by atoms with Gasteiger partial charge in [0, 0.05) is 24.5 Å². The van der Waals surface area contributed by atoms with Gasteiger partial charge in [-0.3, -0.25) is 5.10 Å². The van der Waals surface area contributed by atoms with Crippen LogP contribution in [0.25, 0.3) is 10.7 Å². The van der Waals surface area contributed by atoms with E-state index in [4.69, 9.17) is 0 Å². The summed E-state index contributed by atoms with van der Waals surface area (Å²) in [6.45, 7) is -0.987. The number of aliphatic hydroxyl groups is 1. The molecule has 2 aromatic rings. The molecule has 1 aliphatic rings. The largest absolute Gasteiger partial charge is 0.419 e. The van der Waals surface area contributed by atoms with E-state index in [1.165, 1.54) is 17.5 Å². The van der Waals surface area contributed by atoms with Crippen molar-refractivity contribution < 1.29 is 23.1 Å². The number of aromatic amines is 1. The molecule has 0 radical (unpaired) electrons. The minimum absolute atomic E-state index is 0.188. The Morgan fingerprint density at radius 3 is 2.91 bits per heavy atom. The lowest BCUT2D eigenvalue weighted by Crippen LogP contribution is -2.48. The summed E-state index contributed by atoms with van der Waals surface area (Å²) in [4.78, 5) is 17.1. The molecule has 1 unspecified atom stereocenters. The highest BCUT2D eigenvalue weighted by Crippen LogP contribution is 2.38. The van der Waals surface area contributed by atoms with E-state index >= 15 is 0 Å². The molecule has 3 rings (SSSR count). The standard InChI is InChI=1S/C12H12F3N5O2S/c13-12(14,15)11(22)1-3-20(6-11)10(21)18-7-5-17-19-8(7)9-16-2-4-23-9/h2,4-5,22H,1,3,6H2,(H,17,19)(H,18,21). The van der Waals surface area contributed by atoms with Gasteiger partial charge < -0.3 is 15.3 Å². The third kappa shape index (κ3) is 2.88. The Balaban J connectivity index is 1.71. The third-order valence-corrected chi connectivity index (χ3v) is 4.38. The number of anilines is 1. The quantitative estimate of drug-likeness (QED) is 0.775. The molecule has 124 valence electrons. The normalized spacial score (nSPS) is 21.7. The summed E-state index contributed by atoms with van der Waals surface area (Å²) in [5, 5.41) is 20.9. The highest BCUT2D eigenvalue weighted by Gasteiger charge is 2.57. The number of alkyl halides is 3. The number of amides is 2. The van der Waals surface area contributed by atoms with Gasteiger partial charge >= 0.3 is 12.2 Å². The molecule has 11 heteroatoms. The second-order valence-electron chi connectivity index (χ2n) is 5.13. The Bertz CT molecular complexity index is 702. The molecule has 3 N–H and O–H groups in total. The summed E-state index contributed by atoms with van der Waals surface area (Å²) in [6, 6.07) is -0.732. The number of nitrogens with zero attached hydrogens (tertiary/aromatic N) is 3. The van der Waals surface area contributed by atoms with E-state index in [1.54, 1.807) is 11.6 Å². The van der Waals surface area contributed by atoms with E-state index in [-0.39, 0.29) is 6.54 Å². The van der Waals surface area contributed by atoms with Crippen LogP contribution >= 0.6 is 11.3 Å². The van der Waals surface area contributed by atoms with Crippen molar-refractivity contribution in [1.29, 1.82) is 0 Å². The second kappa shape index (κ2) is 5.49. The van der Waals surface area contributed by atoms with Crippen LogP contribution in [0.15, 0.2) is 17.8 Å². The van der Waals surface area contributed by atoms with Crippen molar-refractivity contribution in [2.45, 2.75) is 18.2 Å². The van der Waals surface area contributed by atoms with Crippen LogP contribution in [0.1, 0.15) is 6.42 Å². The average Bonchev–Trinajstić information content (AvgIpc) is 3.16. The van der Waals surface area contributed by atoms with E-state index in [0.717, 1.165) is 4.90 Å². The lowest BCUT2D eigenvalue weighted by atomic mass is 10.0. The Morgan fingerprint density at radius 2 is 2.30 bits per heavy atom. The molecular weight excluding hydrogens is 335 g/mol. The summed E-state index contributed by atoms with van der Waals surface area (Å²) >= 11 is 1.32. The van der Waals surface area contributed by atoms with Gasteiger partial charge in [0.25, 0.3) is 0 Å². The molecule has 1 atom stereocenters. The Morgan fingerprint density at radius 1 is 1.52 bits per heavy atom. The smallest absolute Gasteiger partial charge is 0.379 e. The number of nitrogens with one attached hydrogen (secondary N) is 2. The van der Waals surface area contributed by atoms with Gasteiger partial charge in [0.05, 0.1) is 18.4 Å². The molecule has 23 heavy (non-hydrogen) atoms. The van der Waals surface area contributed by atoms with E-state index in [9.17, 15) is 23.1 Å². The number of carbonyl (C=O) groups is 1. The summed E-state index contributed by atoms with van der Waals surface area (Å²) < 4.78 is 38.3. The zero-order valence-corrected chi connectivity index (χ0v) is 12.4. The molecule has 1 saturated heterocycles. The Hall–Kier alpha value is -2.14. The molecule has 0 bridgehead atoms. The van der Waals surface area contributed by atoms with Crippen LogP contribution in [0.2, 0.25) is 0 Å². The molecule has 1 aliphatic heterocycles. The first-order chi connectivity index (χ1) is 10.8. The molecule has 2 aromatic heterocycles. The molecule has 0 saturated carbocycles. The van der Waals surface area contributed by atoms with Gasteiger partial charge in [-0.2, -0.15) is 18.3 Å². The van der Waals surface area contributed by atoms with Crippen molar-refractivity contribution in [2.24, 2.45) is 0 Å². The van der Waals surface area contributed by atoms with Crippen molar-refractivity contribution in [3.05, 3.63) is 17.8 Å². The molecule has 7 nitrogen and oxygen atoms in total. The summed E-state index contributed by atoms with van der Waals surface area (Å²) in [5.74, 6) is 0. The number of carbonyl (C=O) groups excluding carboxylic acids is 1. The fourth-order valence-corrected chi connectivity index (χ4v) is 2.93. The van der Waals surface area contributed by atoms with Crippen LogP contribution < -0.4 is 5.32 Å².